The molecule has 0 radical (unpaired) electrons. The summed E-state index contributed by atoms with van der Waals surface area (Å²) in [4.78, 5) is 0. The lowest BCUT2D eigenvalue weighted by atomic mass is 10.1. The predicted octanol–water partition coefficient (Wildman–Crippen LogP) is 3.55. The first-order valence-corrected chi connectivity index (χ1v) is 8.62. The lowest BCUT2D eigenvalue weighted by Gasteiger charge is -2.17. The molecule has 0 saturated carbocycles. The molecule has 0 unspecified atom stereocenters. The second-order valence-corrected chi connectivity index (χ2v) is 6.93. The largest absolute Gasteiger partial charge is 0.590 e. The SMILES string of the molecule is CCCCCCCCCC#C[Si](OC)(OC)OC. The Morgan fingerprint density at radius 1 is 0.778 bits per heavy atom. The van der Waals surface area contributed by atoms with Crippen molar-refractivity contribution in [2.75, 3.05) is 21.3 Å². The molecule has 0 fully saturated rings. The molecule has 0 bridgehead atoms. The summed E-state index contributed by atoms with van der Waals surface area (Å²) in [6, 6.07) is 0. The van der Waals surface area contributed by atoms with Crippen LogP contribution in [0.15, 0.2) is 0 Å². The van der Waals surface area contributed by atoms with Gasteiger partial charge in [-0.3, -0.25) is 0 Å². The van der Waals surface area contributed by atoms with Gasteiger partial charge in [-0.15, -0.1) is 5.92 Å². The lowest BCUT2D eigenvalue weighted by molar-refractivity contribution is 0.141. The Labute approximate surface area is 114 Å². The summed E-state index contributed by atoms with van der Waals surface area (Å²) in [5.41, 5.74) is 3.02. The van der Waals surface area contributed by atoms with Crippen LogP contribution in [0, 0.1) is 11.5 Å². The van der Waals surface area contributed by atoms with E-state index in [4.69, 9.17) is 13.3 Å². The monoisotopic (exact) mass is 272 g/mol. The lowest BCUT2D eigenvalue weighted by Crippen LogP contribution is -2.41. The van der Waals surface area contributed by atoms with E-state index in [9.17, 15) is 0 Å². The van der Waals surface area contributed by atoms with E-state index in [1.807, 2.05) is 0 Å². The summed E-state index contributed by atoms with van der Waals surface area (Å²) < 4.78 is 15.7. The Morgan fingerprint density at radius 3 is 1.78 bits per heavy atom. The molecule has 0 aromatic rings. The molecule has 0 aromatic heterocycles. The van der Waals surface area contributed by atoms with Gasteiger partial charge in [0.15, 0.2) is 0 Å². The Bertz CT molecular complexity index is 233. The summed E-state index contributed by atoms with van der Waals surface area (Å²) in [5.74, 6) is 3.12. The van der Waals surface area contributed by atoms with Gasteiger partial charge in [-0.25, -0.2) is 0 Å². The molecule has 0 aliphatic heterocycles. The highest BCUT2D eigenvalue weighted by molar-refractivity contribution is 6.69. The Hall–Kier alpha value is -0.343. The van der Waals surface area contributed by atoms with Crippen molar-refractivity contribution in [1.82, 2.24) is 0 Å². The first-order valence-electron chi connectivity index (χ1n) is 6.90. The standard InChI is InChI=1S/C14H28O3Si/c1-5-6-7-8-9-10-11-12-13-14-18(15-2,16-3)17-4/h5-12H2,1-4H3. The number of hydrogen-bond donors (Lipinski definition) is 0. The fraction of sp³-hybridized carbons (Fsp3) is 0.857. The van der Waals surface area contributed by atoms with Crippen molar-refractivity contribution in [3.8, 4) is 11.5 Å². The first kappa shape index (κ1) is 17.7. The molecule has 0 rings (SSSR count). The Kier molecular flexibility index (Phi) is 11.5. The molecule has 0 amide bonds. The molecule has 3 nitrogen and oxygen atoms in total. The number of rotatable bonds is 10. The summed E-state index contributed by atoms with van der Waals surface area (Å²) >= 11 is 0. The molecule has 0 N–H and O–H groups in total. The van der Waals surface area contributed by atoms with E-state index in [0.29, 0.717) is 0 Å². The highest BCUT2D eigenvalue weighted by atomic mass is 28.4. The van der Waals surface area contributed by atoms with Crippen molar-refractivity contribution in [3.05, 3.63) is 0 Å². The third kappa shape index (κ3) is 7.88. The second kappa shape index (κ2) is 11.7. The van der Waals surface area contributed by atoms with E-state index in [0.717, 1.165) is 12.8 Å². The van der Waals surface area contributed by atoms with Crippen LogP contribution >= 0.6 is 0 Å². The summed E-state index contributed by atoms with van der Waals surface area (Å²) in [6.07, 6.45) is 10.0. The average Bonchev–Trinajstić information content (AvgIpc) is 2.42. The maximum absolute atomic E-state index is 5.23. The van der Waals surface area contributed by atoms with Gasteiger partial charge < -0.3 is 13.3 Å². The van der Waals surface area contributed by atoms with E-state index in [-0.39, 0.29) is 0 Å². The van der Waals surface area contributed by atoms with Gasteiger partial charge in [-0.1, -0.05) is 45.4 Å². The third-order valence-corrected chi connectivity index (χ3v) is 5.05. The molecular formula is C14H28O3Si. The van der Waals surface area contributed by atoms with Gasteiger partial charge in [0.05, 0.1) is 0 Å². The summed E-state index contributed by atoms with van der Waals surface area (Å²) in [6.45, 7) is 2.24. The van der Waals surface area contributed by atoms with Crippen LogP contribution < -0.4 is 0 Å². The molecule has 0 aliphatic rings. The predicted molar refractivity (Wildman–Crippen MR) is 77.2 cm³/mol. The van der Waals surface area contributed by atoms with Crippen molar-refractivity contribution in [2.24, 2.45) is 0 Å². The fourth-order valence-electron chi connectivity index (χ4n) is 1.74. The summed E-state index contributed by atoms with van der Waals surface area (Å²) in [5, 5.41) is 0. The quantitative estimate of drug-likeness (QED) is 0.346. The minimum Gasteiger partial charge on any atom is -0.367 e. The topological polar surface area (TPSA) is 27.7 Å². The molecule has 0 aromatic carbocycles. The molecule has 0 saturated heterocycles. The van der Waals surface area contributed by atoms with Crippen LogP contribution in [-0.2, 0) is 13.3 Å². The van der Waals surface area contributed by atoms with Crippen molar-refractivity contribution >= 4 is 8.80 Å². The van der Waals surface area contributed by atoms with Gasteiger partial charge in [0.1, 0.15) is 0 Å². The third-order valence-electron chi connectivity index (χ3n) is 2.95. The second-order valence-electron chi connectivity index (χ2n) is 4.34. The van der Waals surface area contributed by atoms with Gasteiger partial charge in [-0.05, 0) is 12.0 Å². The van der Waals surface area contributed by atoms with Gasteiger partial charge in [0.25, 0.3) is 0 Å². The van der Waals surface area contributed by atoms with E-state index in [2.05, 4.69) is 18.4 Å². The van der Waals surface area contributed by atoms with E-state index < -0.39 is 8.80 Å². The molecule has 0 aliphatic carbocycles. The van der Waals surface area contributed by atoms with Gasteiger partial charge in [0, 0.05) is 27.8 Å². The zero-order chi connectivity index (χ0) is 13.7. The minimum absolute atomic E-state index is 0.901. The molecule has 0 heterocycles. The minimum atomic E-state index is -2.66. The summed E-state index contributed by atoms with van der Waals surface area (Å²) in [7, 11) is 2.09. The van der Waals surface area contributed by atoms with Crippen LogP contribution in [0.2, 0.25) is 0 Å². The van der Waals surface area contributed by atoms with Crippen molar-refractivity contribution in [1.29, 1.82) is 0 Å². The van der Waals surface area contributed by atoms with E-state index >= 15 is 0 Å². The van der Waals surface area contributed by atoms with Crippen molar-refractivity contribution in [2.45, 2.75) is 58.3 Å². The van der Waals surface area contributed by atoms with Crippen LogP contribution in [0.1, 0.15) is 58.3 Å². The van der Waals surface area contributed by atoms with Crippen molar-refractivity contribution < 1.29 is 13.3 Å². The number of unbranched alkanes of at least 4 members (excludes halogenated alkanes) is 7. The zero-order valence-electron chi connectivity index (χ0n) is 12.4. The highest BCUT2D eigenvalue weighted by Gasteiger charge is 2.36. The molecule has 4 heteroatoms. The van der Waals surface area contributed by atoms with Gasteiger partial charge in [0.2, 0.25) is 0 Å². The Morgan fingerprint density at radius 2 is 1.28 bits per heavy atom. The van der Waals surface area contributed by atoms with Gasteiger partial charge >= 0.3 is 8.80 Å². The van der Waals surface area contributed by atoms with E-state index in [1.165, 1.54) is 38.5 Å². The van der Waals surface area contributed by atoms with Crippen LogP contribution in [0.5, 0.6) is 0 Å². The average molecular weight is 272 g/mol. The maximum Gasteiger partial charge on any atom is 0.590 e. The maximum atomic E-state index is 5.23. The molecule has 18 heavy (non-hydrogen) atoms. The molecule has 106 valence electrons. The number of hydrogen-bond acceptors (Lipinski definition) is 3. The van der Waals surface area contributed by atoms with Crippen LogP contribution in [-0.4, -0.2) is 30.1 Å². The fourth-order valence-corrected chi connectivity index (χ4v) is 2.89. The molecule has 0 atom stereocenters. The van der Waals surface area contributed by atoms with Gasteiger partial charge in [-0.2, -0.15) is 0 Å². The highest BCUT2D eigenvalue weighted by Crippen LogP contribution is 2.08. The zero-order valence-corrected chi connectivity index (χ0v) is 13.4. The Balaban J connectivity index is 3.65. The van der Waals surface area contributed by atoms with Crippen molar-refractivity contribution in [3.63, 3.8) is 0 Å². The smallest absolute Gasteiger partial charge is 0.367 e. The van der Waals surface area contributed by atoms with E-state index in [1.54, 1.807) is 21.3 Å². The van der Waals surface area contributed by atoms with Crippen LogP contribution in [0.4, 0.5) is 0 Å². The van der Waals surface area contributed by atoms with Crippen LogP contribution in [0.25, 0.3) is 0 Å². The normalized spacial score (nSPS) is 11.1. The van der Waals surface area contributed by atoms with Crippen LogP contribution in [0.3, 0.4) is 0 Å². The first-order chi connectivity index (χ1) is 8.74. The molecular weight excluding hydrogens is 244 g/mol. The molecule has 0 spiro atoms.